The molecule has 0 saturated carbocycles. The Bertz CT molecular complexity index is 390. The number of unbranched alkanes of at least 4 members (excludes halogenated alkanes) is 10. The average molecular weight is 387 g/mol. The van der Waals surface area contributed by atoms with E-state index in [1.807, 2.05) is 28.1 Å². The highest BCUT2D eigenvalue weighted by atomic mass is 31.1. The van der Waals surface area contributed by atoms with Gasteiger partial charge in [0.05, 0.1) is 21.1 Å². The van der Waals surface area contributed by atoms with E-state index >= 15 is 0 Å². The van der Waals surface area contributed by atoms with Gasteiger partial charge in [-0.25, -0.2) is 0 Å². The van der Waals surface area contributed by atoms with E-state index in [0.717, 1.165) is 25.7 Å². The van der Waals surface area contributed by atoms with E-state index in [1.54, 1.807) is 0 Å². The Morgan fingerprint density at radius 1 is 0.808 bits per heavy atom. The first-order chi connectivity index (χ1) is 12.3. The Morgan fingerprint density at radius 3 is 1.69 bits per heavy atom. The molecule has 154 valence electrons. The molecule has 0 aliphatic heterocycles. The SMILES string of the molecule is CCCCCCCCCC=CCCCCCC(CC)([P+](=O)[O-])[N+](C)(C)C. The van der Waals surface area contributed by atoms with Crippen molar-refractivity contribution in [3.8, 4) is 0 Å². The Morgan fingerprint density at radius 2 is 1.27 bits per heavy atom. The predicted octanol–water partition coefficient (Wildman–Crippen LogP) is 6.55. The zero-order valence-electron chi connectivity index (χ0n) is 18.3. The molecule has 0 bridgehead atoms. The van der Waals surface area contributed by atoms with Crippen LogP contribution in [0.1, 0.15) is 104 Å². The predicted molar refractivity (Wildman–Crippen MR) is 113 cm³/mol. The van der Waals surface area contributed by atoms with Gasteiger partial charge in [-0.3, -0.25) is 4.48 Å². The van der Waals surface area contributed by atoms with Gasteiger partial charge in [0.2, 0.25) is 0 Å². The Balaban J connectivity index is 3.78. The number of rotatable bonds is 17. The Labute approximate surface area is 164 Å². The normalized spacial score (nSPS) is 15.4. The minimum absolute atomic E-state index is 0.501. The summed E-state index contributed by atoms with van der Waals surface area (Å²) in [5.41, 5.74) is 0. The molecule has 0 radical (unpaired) electrons. The van der Waals surface area contributed by atoms with E-state index in [2.05, 4.69) is 19.1 Å². The second-order valence-electron chi connectivity index (χ2n) is 8.59. The molecule has 0 fully saturated rings. The fraction of sp³-hybridized carbons (Fsp3) is 0.909. The first kappa shape index (κ1) is 25.8. The van der Waals surface area contributed by atoms with Gasteiger partial charge in [-0.15, -0.1) is 0 Å². The summed E-state index contributed by atoms with van der Waals surface area (Å²) in [7, 11) is 3.58. The second-order valence-corrected chi connectivity index (χ2v) is 9.93. The largest absolute Gasteiger partial charge is 0.590 e. The third-order valence-corrected chi connectivity index (χ3v) is 7.56. The molecule has 0 aromatic carbocycles. The topological polar surface area (TPSA) is 40.1 Å². The highest BCUT2D eigenvalue weighted by Crippen LogP contribution is 2.44. The monoisotopic (exact) mass is 386 g/mol. The van der Waals surface area contributed by atoms with Crippen LogP contribution in [0.4, 0.5) is 0 Å². The van der Waals surface area contributed by atoms with Gasteiger partial charge < -0.3 is 4.89 Å². The van der Waals surface area contributed by atoms with Crippen LogP contribution < -0.4 is 4.89 Å². The van der Waals surface area contributed by atoms with E-state index in [9.17, 15) is 9.46 Å². The second kappa shape index (κ2) is 14.8. The molecule has 0 rings (SSSR count). The molecule has 0 saturated heterocycles. The molecule has 0 amide bonds. The lowest BCUT2D eigenvalue weighted by Crippen LogP contribution is -2.55. The van der Waals surface area contributed by atoms with Crippen LogP contribution in [0.25, 0.3) is 0 Å². The zero-order valence-corrected chi connectivity index (χ0v) is 19.2. The van der Waals surface area contributed by atoms with Crippen LogP contribution in [-0.4, -0.2) is 30.9 Å². The molecule has 3 nitrogen and oxygen atoms in total. The van der Waals surface area contributed by atoms with E-state index in [0.29, 0.717) is 10.9 Å². The maximum Gasteiger partial charge on any atom is 0.376 e. The summed E-state index contributed by atoms with van der Waals surface area (Å²) in [6.07, 6.45) is 21.3. The fourth-order valence-corrected chi connectivity index (χ4v) is 4.84. The molecule has 0 aliphatic rings. The molecule has 2 unspecified atom stereocenters. The minimum Gasteiger partial charge on any atom is -0.590 e. The van der Waals surface area contributed by atoms with Crippen molar-refractivity contribution >= 4 is 8.03 Å². The molecule has 0 aromatic rings. The molecule has 0 spiro atoms. The van der Waals surface area contributed by atoms with E-state index < -0.39 is 13.3 Å². The van der Waals surface area contributed by atoms with Gasteiger partial charge in [-0.05, 0) is 32.1 Å². The van der Waals surface area contributed by atoms with E-state index in [4.69, 9.17) is 0 Å². The van der Waals surface area contributed by atoms with Crippen LogP contribution in [0.2, 0.25) is 0 Å². The van der Waals surface area contributed by atoms with Crippen LogP contribution in [0.3, 0.4) is 0 Å². The van der Waals surface area contributed by atoms with Crippen molar-refractivity contribution in [2.75, 3.05) is 21.1 Å². The summed E-state index contributed by atoms with van der Waals surface area (Å²) in [4.78, 5) is 11.9. The van der Waals surface area contributed by atoms with Crippen LogP contribution in [0.5, 0.6) is 0 Å². The van der Waals surface area contributed by atoms with Crippen molar-refractivity contribution in [2.24, 2.45) is 0 Å². The molecule has 0 aromatic heterocycles. The molecule has 0 heterocycles. The molecule has 4 heteroatoms. The van der Waals surface area contributed by atoms with Crippen molar-refractivity contribution < 1.29 is 13.9 Å². The summed E-state index contributed by atoms with van der Waals surface area (Å²) in [5.74, 6) is 0. The maximum atomic E-state index is 11.9. The quantitative estimate of drug-likeness (QED) is 0.123. The molecular weight excluding hydrogens is 341 g/mol. The summed E-state index contributed by atoms with van der Waals surface area (Å²) in [6.45, 7) is 4.27. The van der Waals surface area contributed by atoms with Gasteiger partial charge >= 0.3 is 8.03 Å². The van der Waals surface area contributed by atoms with Crippen molar-refractivity contribution in [3.63, 3.8) is 0 Å². The number of quaternary nitrogens is 1. The summed E-state index contributed by atoms with van der Waals surface area (Å²) < 4.78 is 12.4. The lowest BCUT2D eigenvalue weighted by molar-refractivity contribution is -0.910. The molecule has 0 N–H and O–H groups in total. The smallest absolute Gasteiger partial charge is 0.376 e. The van der Waals surface area contributed by atoms with Gasteiger partial charge in [0.15, 0.2) is 0 Å². The Kier molecular flexibility index (Phi) is 14.6. The molecular formula is C22H45NO2P+. The highest BCUT2D eigenvalue weighted by molar-refractivity contribution is 7.38. The minimum atomic E-state index is -2.42. The third-order valence-electron chi connectivity index (χ3n) is 5.74. The lowest BCUT2D eigenvalue weighted by Gasteiger charge is -2.39. The highest BCUT2D eigenvalue weighted by Gasteiger charge is 2.52. The number of hydrogen-bond donors (Lipinski definition) is 0. The van der Waals surface area contributed by atoms with Crippen molar-refractivity contribution in [2.45, 2.75) is 109 Å². The summed E-state index contributed by atoms with van der Waals surface area (Å²) >= 11 is 0. The van der Waals surface area contributed by atoms with Crippen molar-refractivity contribution in [1.29, 1.82) is 0 Å². The van der Waals surface area contributed by atoms with Crippen LogP contribution >= 0.6 is 8.03 Å². The molecule has 2 atom stereocenters. The first-order valence-electron chi connectivity index (χ1n) is 10.9. The van der Waals surface area contributed by atoms with Gasteiger partial charge in [-0.1, -0.05) is 75.5 Å². The number of nitrogens with zero attached hydrogens (tertiary/aromatic N) is 1. The number of hydrogen-bond acceptors (Lipinski definition) is 2. The van der Waals surface area contributed by atoms with Crippen LogP contribution in [0, 0.1) is 0 Å². The summed E-state index contributed by atoms with van der Waals surface area (Å²) in [6, 6.07) is 0. The van der Waals surface area contributed by atoms with E-state index in [-0.39, 0.29) is 0 Å². The molecule has 26 heavy (non-hydrogen) atoms. The van der Waals surface area contributed by atoms with E-state index in [1.165, 1.54) is 57.8 Å². The first-order valence-corrected chi connectivity index (χ1v) is 12.1. The average Bonchev–Trinajstić information content (AvgIpc) is 2.57. The third kappa shape index (κ3) is 10.2. The van der Waals surface area contributed by atoms with Crippen molar-refractivity contribution in [3.05, 3.63) is 12.2 Å². The maximum absolute atomic E-state index is 11.9. The van der Waals surface area contributed by atoms with Gasteiger partial charge in [0.1, 0.15) is 0 Å². The van der Waals surface area contributed by atoms with Crippen LogP contribution in [0.15, 0.2) is 12.2 Å². The lowest BCUT2D eigenvalue weighted by atomic mass is 10.0. The Hall–Kier alpha value is -0.240. The fourth-order valence-electron chi connectivity index (χ4n) is 3.75. The van der Waals surface area contributed by atoms with Gasteiger partial charge in [0, 0.05) is 12.8 Å². The number of allylic oxidation sites excluding steroid dienone is 2. The zero-order chi connectivity index (χ0) is 19.9. The molecule has 0 aliphatic carbocycles. The van der Waals surface area contributed by atoms with Crippen molar-refractivity contribution in [1.82, 2.24) is 0 Å². The van der Waals surface area contributed by atoms with Crippen LogP contribution in [-0.2, 0) is 4.57 Å². The summed E-state index contributed by atoms with van der Waals surface area (Å²) in [5, 5.41) is -0.609. The van der Waals surface area contributed by atoms with Gasteiger partial charge in [-0.2, -0.15) is 0 Å². The van der Waals surface area contributed by atoms with Gasteiger partial charge in [0.25, 0.3) is 5.28 Å². The standard InChI is InChI=1S/C22H45NO2P/c1-6-8-9-10-11-12-13-14-15-16-17-18-19-20-21-22(7-2,26(24)25)23(3,4)5/h15-16H,6-14,17-21H2,1-5H3/q+1.